The number of anilines is 1. The van der Waals surface area contributed by atoms with Crippen LogP contribution in [0.4, 0.5) is 5.69 Å². The smallest absolute Gasteiger partial charge is 0.255 e. The van der Waals surface area contributed by atoms with Crippen LogP contribution in [0, 0.1) is 0 Å². The second-order valence-corrected chi connectivity index (χ2v) is 8.59. The van der Waals surface area contributed by atoms with Crippen LogP contribution in [0.25, 0.3) is 10.8 Å². The molecule has 3 N–H and O–H groups in total. The quantitative estimate of drug-likeness (QED) is 0.400. The molecule has 0 aliphatic rings. The third-order valence-corrected chi connectivity index (χ3v) is 5.63. The van der Waals surface area contributed by atoms with Crippen molar-refractivity contribution in [3.8, 4) is 11.5 Å². The van der Waals surface area contributed by atoms with Crippen molar-refractivity contribution in [3.63, 3.8) is 0 Å². The Morgan fingerprint density at radius 3 is 2.07 bits per heavy atom. The molecular weight excluding hydrogens is 426 g/mol. The predicted octanol–water partition coefficient (Wildman–Crippen LogP) is 1.31. The Morgan fingerprint density at radius 2 is 1.52 bits per heavy atom. The van der Waals surface area contributed by atoms with E-state index in [1.54, 1.807) is 6.07 Å². The molecular formula is C17H11NO9S2-2. The first-order chi connectivity index (χ1) is 13.4. The maximum absolute atomic E-state index is 12.3. The molecule has 3 aromatic rings. The Kier molecular flexibility index (Phi) is 4.96. The van der Waals surface area contributed by atoms with Crippen molar-refractivity contribution >= 4 is 42.6 Å². The van der Waals surface area contributed by atoms with Crippen molar-refractivity contribution < 1.29 is 40.9 Å². The van der Waals surface area contributed by atoms with Crippen LogP contribution in [0.3, 0.4) is 0 Å². The third kappa shape index (κ3) is 4.00. The summed E-state index contributed by atoms with van der Waals surface area (Å²) in [7, 11) is -10.3. The zero-order valence-electron chi connectivity index (χ0n) is 14.2. The molecule has 0 fully saturated rings. The zero-order valence-corrected chi connectivity index (χ0v) is 15.8. The van der Waals surface area contributed by atoms with Crippen molar-refractivity contribution in [3.05, 3.63) is 54.1 Å². The third-order valence-electron chi connectivity index (χ3n) is 3.96. The highest BCUT2D eigenvalue weighted by Crippen LogP contribution is 2.43. The average molecular weight is 437 g/mol. The summed E-state index contributed by atoms with van der Waals surface area (Å²) in [4.78, 5) is 10.4. The minimum atomic E-state index is -5.27. The van der Waals surface area contributed by atoms with Gasteiger partial charge in [-0.25, -0.2) is 16.8 Å². The average Bonchev–Trinajstić information content (AvgIpc) is 2.62. The number of hydrogen-bond acceptors (Lipinski definition) is 9. The highest BCUT2D eigenvalue weighted by atomic mass is 32.2. The summed E-state index contributed by atoms with van der Waals surface area (Å²) in [5, 5.41) is 21.7. The molecule has 152 valence electrons. The van der Waals surface area contributed by atoms with E-state index in [9.17, 15) is 40.9 Å². The van der Waals surface area contributed by atoms with E-state index < -0.39 is 63.9 Å². The van der Waals surface area contributed by atoms with Crippen LogP contribution in [0.5, 0.6) is 11.5 Å². The Balaban J connectivity index is 2.30. The number of rotatable bonds is 4. The van der Waals surface area contributed by atoms with Gasteiger partial charge in [0.15, 0.2) is 5.75 Å². The highest BCUT2D eigenvalue weighted by molar-refractivity contribution is 7.86. The summed E-state index contributed by atoms with van der Waals surface area (Å²) in [5.74, 6) is -2.73. The number of nitrogens with one attached hydrogen (secondary N) is 1. The first-order valence-corrected chi connectivity index (χ1v) is 10.5. The summed E-state index contributed by atoms with van der Waals surface area (Å²) >= 11 is 0. The Morgan fingerprint density at radius 1 is 0.897 bits per heavy atom. The van der Waals surface area contributed by atoms with E-state index in [1.807, 2.05) is 0 Å². The summed E-state index contributed by atoms with van der Waals surface area (Å²) in [6.45, 7) is 0. The Bertz CT molecular complexity index is 1350. The molecule has 3 aromatic carbocycles. The fourth-order valence-corrected chi connectivity index (χ4v) is 3.88. The van der Waals surface area contributed by atoms with E-state index >= 15 is 0 Å². The molecule has 0 aliphatic carbocycles. The van der Waals surface area contributed by atoms with Crippen LogP contribution in [0.1, 0.15) is 10.4 Å². The van der Waals surface area contributed by atoms with Gasteiger partial charge in [-0.05, 0) is 35.7 Å². The SMILES string of the molecule is O=C(Nc1c(S(=O)(=O)[O-])cc2cc(S(=O)(=O)[O-])cc(O)c2c1O)c1ccccc1. The number of benzene rings is 3. The van der Waals surface area contributed by atoms with Crippen molar-refractivity contribution in [1.29, 1.82) is 0 Å². The molecule has 0 saturated heterocycles. The lowest BCUT2D eigenvalue weighted by molar-refractivity contribution is 0.102. The highest BCUT2D eigenvalue weighted by Gasteiger charge is 2.22. The number of phenolic OH excluding ortho intramolecular Hbond substituents is 2. The minimum Gasteiger partial charge on any atom is -0.744 e. The van der Waals surface area contributed by atoms with E-state index in [4.69, 9.17) is 0 Å². The molecule has 0 unspecified atom stereocenters. The molecule has 0 bridgehead atoms. The van der Waals surface area contributed by atoms with E-state index in [-0.39, 0.29) is 5.56 Å². The summed E-state index contributed by atoms with van der Waals surface area (Å²) < 4.78 is 68.6. The largest absolute Gasteiger partial charge is 0.744 e. The fraction of sp³-hybridized carbons (Fsp3) is 0. The summed E-state index contributed by atoms with van der Waals surface area (Å²) in [6.07, 6.45) is 0. The molecule has 10 nitrogen and oxygen atoms in total. The topological polar surface area (TPSA) is 184 Å². The van der Waals surface area contributed by atoms with E-state index in [1.165, 1.54) is 24.3 Å². The van der Waals surface area contributed by atoms with Gasteiger partial charge in [0.25, 0.3) is 5.91 Å². The maximum atomic E-state index is 12.3. The van der Waals surface area contributed by atoms with Crippen molar-refractivity contribution in [2.45, 2.75) is 9.79 Å². The van der Waals surface area contributed by atoms with Crippen LogP contribution in [0.2, 0.25) is 0 Å². The molecule has 29 heavy (non-hydrogen) atoms. The van der Waals surface area contributed by atoms with Gasteiger partial charge in [-0.2, -0.15) is 0 Å². The van der Waals surface area contributed by atoms with Crippen LogP contribution in [-0.2, 0) is 20.2 Å². The van der Waals surface area contributed by atoms with Gasteiger partial charge in [-0.1, -0.05) is 18.2 Å². The Labute approximate surface area is 164 Å². The maximum Gasteiger partial charge on any atom is 0.255 e. The van der Waals surface area contributed by atoms with Crippen molar-refractivity contribution in [2.75, 3.05) is 5.32 Å². The van der Waals surface area contributed by atoms with Gasteiger partial charge in [0, 0.05) is 5.56 Å². The van der Waals surface area contributed by atoms with E-state index in [0.29, 0.717) is 18.2 Å². The first-order valence-electron chi connectivity index (χ1n) is 7.70. The lowest BCUT2D eigenvalue weighted by atomic mass is 10.1. The van der Waals surface area contributed by atoms with Gasteiger partial charge in [0.2, 0.25) is 0 Å². The number of amides is 1. The number of carbonyl (C=O) groups is 1. The molecule has 0 aliphatic heterocycles. The molecule has 12 heteroatoms. The molecule has 0 aromatic heterocycles. The predicted molar refractivity (Wildman–Crippen MR) is 97.6 cm³/mol. The van der Waals surface area contributed by atoms with Gasteiger partial charge in [0.05, 0.1) is 15.2 Å². The molecule has 0 radical (unpaired) electrons. The second kappa shape index (κ2) is 7.00. The van der Waals surface area contributed by atoms with Gasteiger partial charge >= 0.3 is 0 Å². The molecule has 3 rings (SSSR count). The van der Waals surface area contributed by atoms with Crippen LogP contribution >= 0.6 is 0 Å². The van der Waals surface area contributed by atoms with Crippen molar-refractivity contribution in [1.82, 2.24) is 0 Å². The van der Waals surface area contributed by atoms with E-state index in [2.05, 4.69) is 5.32 Å². The van der Waals surface area contributed by atoms with Crippen LogP contribution in [-0.4, -0.2) is 42.1 Å². The summed E-state index contributed by atoms with van der Waals surface area (Å²) in [5.41, 5.74) is -0.715. The van der Waals surface area contributed by atoms with Gasteiger partial charge in [-0.3, -0.25) is 4.79 Å². The number of carbonyl (C=O) groups excluding carboxylic acids is 1. The summed E-state index contributed by atoms with van der Waals surface area (Å²) in [6, 6.07) is 9.34. The van der Waals surface area contributed by atoms with Gasteiger partial charge in [-0.15, -0.1) is 0 Å². The molecule has 0 heterocycles. The van der Waals surface area contributed by atoms with Crippen LogP contribution < -0.4 is 5.32 Å². The lowest BCUT2D eigenvalue weighted by Crippen LogP contribution is -2.15. The first kappa shape index (κ1) is 20.5. The molecule has 1 amide bonds. The standard InChI is InChI=1S/C17H13NO9S2/c19-12-8-11(28(22,23)24)6-10-7-13(29(25,26)27)15(16(20)14(10)12)18-17(21)9-4-2-1-3-5-9/h1-8,19-20H,(H,18,21)(H,22,23,24)(H,25,26,27)/p-2. The molecule has 0 saturated carbocycles. The second-order valence-electron chi connectivity index (χ2n) is 5.87. The van der Waals surface area contributed by atoms with Crippen LogP contribution in [0.15, 0.2) is 58.3 Å². The van der Waals surface area contributed by atoms with Gasteiger partial charge in [0.1, 0.15) is 31.7 Å². The minimum absolute atomic E-state index is 0.0817. The zero-order chi connectivity index (χ0) is 21.6. The number of aromatic hydroxyl groups is 2. The van der Waals surface area contributed by atoms with Gasteiger partial charge < -0.3 is 24.6 Å². The number of hydrogen-bond donors (Lipinski definition) is 3. The number of fused-ring (bicyclic) bond motifs is 1. The number of phenols is 2. The molecule has 0 spiro atoms. The van der Waals surface area contributed by atoms with Crippen molar-refractivity contribution in [2.24, 2.45) is 0 Å². The monoisotopic (exact) mass is 437 g/mol. The van der Waals surface area contributed by atoms with E-state index in [0.717, 1.165) is 0 Å². The Hall–Kier alpha value is -3.19. The fourth-order valence-electron chi connectivity index (χ4n) is 2.69. The lowest BCUT2D eigenvalue weighted by Gasteiger charge is -2.19. The normalized spacial score (nSPS) is 12.1. The molecule has 0 atom stereocenters.